The third-order valence-corrected chi connectivity index (χ3v) is 5.41. The normalized spacial score (nSPS) is 26.4. The van der Waals surface area contributed by atoms with Crippen LogP contribution in [-0.2, 0) is 15.7 Å². The maximum Gasteiger partial charge on any atom is 0.433 e. The zero-order chi connectivity index (χ0) is 21.2. The van der Waals surface area contributed by atoms with E-state index in [1.807, 2.05) is 18.7 Å². The van der Waals surface area contributed by atoms with Crippen LogP contribution < -0.4 is 4.90 Å². The molecule has 2 fully saturated rings. The molecular weight excluding hydrogens is 387 g/mol. The van der Waals surface area contributed by atoms with E-state index in [4.69, 9.17) is 4.74 Å². The van der Waals surface area contributed by atoms with Gasteiger partial charge in [0.1, 0.15) is 5.69 Å². The lowest BCUT2D eigenvalue weighted by Crippen LogP contribution is -2.53. The van der Waals surface area contributed by atoms with Crippen LogP contribution >= 0.6 is 0 Å². The third kappa shape index (κ3) is 5.57. The van der Waals surface area contributed by atoms with Crippen LogP contribution in [0.15, 0.2) is 12.3 Å². The van der Waals surface area contributed by atoms with Gasteiger partial charge in [-0.05, 0) is 39.3 Å². The van der Waals surface area contributed by atoms with Crippen molar-refractivity contribution >= 4 is 11.9 Å². The maximum absolute atomic E-state index is 12.9. The van der Waals surface area contributed by atoms with Crippen LogP contribution in [0.2, 0.25) is 0 Å². The molecule has 3 heterocycles. The molecule has 0 N–H and O–H groups in total. The predicted molar refractivity (Wildman–Crippen MR) is 101 cm³/mol. The van der Waals surface area contributed by atoms with Crippen molar-refractivity contribution in [3.63, 3.8) is 0 Å². The van der Waals surface area contributed by atoms with Crippen LogP contribution in [0.4, 0.5) is 19.1 Å². The summed E-state index contributed by atoms with van der Waals surface area (Å²) in [5.41, 5.74) is -0.951. The number of carbonyl (C=O) groups is 1. The average Bonchev–Trinajstić information content (AvgIpc) is 2.66. The Morgan fingerprint density at radius 1 is 1.28 bits per heavy atom. The number of likely N-dealkylation sites (N-methyl/N-ethyl adjacent to an activating group) is 1. The summed E-state index contributed by atoms with van der Waals surface area (Å²) in [6.45, 7) is 6.74. The Bertz CT molecular complexity index is 707. The number of anilines is 1. The quantitative estimate of drug-likeness (QED) is 0.750. The van der Waals surface area contributed by atoms with E-state index in [0.717, 1.165) is 31.6 Å². The molecule has 0 spiro atoms. The Kier molecular flexibility index (Phi) is 6.62. The van der Waals surface area contributed by atoms with Crippen LogP contribution in [-0.4, -0.2) is 83.7 Å². The van der Waals surface area contributed by atoms with Gasteiger partial charge in [0, 0.05) is 38.9 Å². The van der Waals surface area contributed by atoms with E-state index >= 15 is 0 Å². The molecule has 2 aliphatic heterocycles. The molecule has 1 aromatic heterocycles. The Morgan fingerprint density at radius 2 is 1.97 bits per heavy atom. The molecule has 162 valence electrons. The van der Waals surface area contributed by atoms with Crippen LogP contribution in [0.1, 0.15) is 32.4 Å². The number of morpholine rings is 1. The first-order chi connectivity index (χ1) is 13.6. The predicted octanol–water partition coefficient (Wildman–Crippen LogP) is 2.03. The number of likely N-dealkylation sites (tertiary alicyclic amines) is 1. The number of nitrogens with zero attached hydrogens (tertiary/aromatic N) is 5. The van der Waals surface area contributed by atoms with Crippen molar-refractivity contribution in [1.29, 1.82) is 0 Å². The summed E-state index contributed by atoms with van der Waals surface area (Å²) in [6, 6.07) is 0.815. The van der Waals surface area contributed by atoms with E-state index < -0.39 is 11.9 Å². The summed E-state index contributed by atoms with van der Waals surface area (Å²) in [6.07, 6.45) is -1.67. The third-order valence-electron chi connectivity index (χ3n) is 5.41. The highest BCUT2D eigenvalue weighted by atomic mass is 19.4. The lowest BCUT2D eigenvalue weighted by Gasteiger charge is -2.39. The van der Waals surface area contributed by atoms with Gasteiger partial charge in [-0.15, -0.1) is 0 Å². The SMILES string of the molecule is CC1CN(C(=O)CN2CCCC(N(C)c3nccc(C(F)(F)F)n3)C2)CC(C)O1. The van der Waals surface area contributed by atoms with Crippen molar-refractivity contribution in [1.82, 2.24) is 19.8 Å². The summed E-state index contributed by atoms with van der Waals surface area (Å²) < 4.78 is 44.5. The minimum absolute atomic E-state index is 0.0148. The molecule has 3 unspecified atom stereocenters. The van der Waals surface area contributed by atoms with Crippen molar-refractivity contribution in [3.8, 4) is 0 Å². The zero-order valence-corrected chi connectivity index (χ0v) is 17.0. The van der Waals surface area contributed by atoms with Gasteiger partial charge in [-0.3, -0.25) is 9.69 Å². The smallest absolute Gasteiger partial charge is 0.372 e. The highest BCUT2D eigenvalue weighted by Gasteiger charge is 2.34. The number of amides is 1. The van der Waals surface area contributed by atoms with Crippen molar-refractivity contribution in [2.75, 3.05) is 44.7 Å². The highest BCUT2D eigenvalue weighted by Crippen LogP contribution is 2.28. The van der Waals surface area contributed by atoms with Gasteiger partial charge in [-0.2, -0.15) is 13.2 Å². The van der Waals surface area contributed by atoms with Gasteiger partial charge >= 0.3 is 6.18 Å². The second-order valence-corrected chi connectivity index (χ2v) is 7.94. The number of aromatic nitrogens is 2. The molecule has 3 atom stereocenters. The molecule has 0 bridgehead atoms. The number of ether oxygens (including phenoxy) is 1. The summed E-state index contributed by atoms with van der Waals surface area (Å²) in [5, 5.41) is 0. The molecular formula is C19H28F3N5O2. The van der Waals surface area contributed by atoms with Crippen LogP contribution in [0, 0.1) is 0 Å². The molecule has 29 heavy (non-hydrogen) atoms. The molecule has 0 saturated carbocycles. The summed E-state index contributed by atoms with van der Waals surface area (Å²) >= 11 is 0. The van der Waals surface area contributed by atoms with E-state index in [1.165, 1.54) is 0 Å². The topological polar surface area (TPSA) is 61.8 Å². The highest BCUT2D eigenvalue weighted by molar-refractivity contribution is 5.78. The summed E-state index contributed by atoms with van der Waals surface area (Å²) in [7, 11) is 1.71. The average molecular weight is 415 g/mol. The lowest BCUT2D eigenvalue weighted by molar-refractivity contribution is -0.144. The molecule has 3 rings (SSSR count). The number of alkyl halides is 3. The summed E-state index contributed by atoms with van der Waals surface area (Å²) in [4.78, 5) is 26.0. The molecule has 7 nitrogen and oxygen atoms in total. The van der Waals surface area contributed by atoms with Crippen molar-refractivity contribution in [2.24, 2.45) is 0 Å². The number of halogens is 3. The number of hydrogen-bond donors (Lipinski definition) is 0. The molecule has 1 amide bonds. The summed E-state index contributed by atoms with van der Waals surface area (Å²) in [5.74, 6) is 0.111. The fourth-order valence-electron chi connectivity index (χ4n) is 4.00. The van der Waals surface area contributed by atoms with E-state index in [-0.39, 0.29) is 30.1 Å². The molecule has 2 saturated heterocycles. The minimum Gasteiger partial charge on any atom is -0.372 e. The second-order valence-electron chi connectivity index (χ2n) is 7.94. The van der Waals surface area contributed by atoms with Gasteiger partial charge in [-0.25, -0.2) is 9.97 Å². The first-order valence-corrected chi connectivity index (χ1v) is 9.92. The lowest BCUT2D eigenvalue weighted by atomic mass is 10.0. The van der Waals surface area contributed by atoms with Crippen LogP contribution in [0.3, 0.4) is 0 Å². The van der Waals surface area contributed by atoms with Crippen molar-refractivity contribution in [2.45, 2.75) is 51.1 Å². The monoisotopic (exact) mass is 415 g/mol. The van der Waals surface area contributed by atoms with E-state index in [1.54, 1.807) is 11.9 Å². The molecule has 2 aliphatic rings. The Balaban J connectivity index is 1.61. The maximum atomic E-state index is 12.9. The van der Waals surface area contributed by atoms with Crippen molar-refractivity contribution < 1.29 is 22.7 Å². The minimum atomic E-state index is -4.50. The van der Waals surface area contributed by atoms with E-state index in [0.29, 0.717) is 26.2 Å². The molecule has 10 heteroatoms. The Hall–Kier alpha value is -1.94. The van der Waals surface area contributed by atoms with Gasteiger partial charge in [0.05, 0.1) is 18.8 Å². The van der Waals surface area contributed by atoms with Crippen molar-refractivity contribution in [3.05, 3.63) is 18.0 Å². The number of hydrogen-bond acceptors (Lipinski definition) is 6. The first-order valence-electron chi connectivity index (χ1n) is 9.92. The zero-order valence-electron chi connectivity index (χ0n) is 17.0. The van der Waals surface area contributed by atoms with Gasteiger partial charge in [0.15, 0.2) is 0 Å². The largest absolute Gasteiger partial charge is 0.433 e. The molecule has 1 aromatic rings. The van der Waals surface area contributed by atoms with Gasteiger partial charge in [0.2, 0.25) is 11.9 Å². The van der Waals surface area contributed by atoms with E-state index in [9.17, 15) is 18.0 Å². The molecule has 0 aromatic carbocycles. The second kappa shape index (κ2) is 8.83. The van der Waals surface area contributed by atoms with E-state index in [2.05, 4.69) is 14.9 Å². The van der Waals surface area contributed by atoms with Crippen LogP contribution in [0.5, 0.6) is 0 Å². The molecule has 0 radical (unpaired) electrons. The Labute approximate surface area is 168 Å². The van der Waals surface area contributed by atoms with Gasteiger partial charge in [-0.1, -0.05) is 0 Å². The number of carbonyl (C=O) groups excluding carboxylic acids is 1. The van der Waals surface area contributed by atoms with Crippen LogP contribution in [0.25, 0.3) is 0 Å². The fraction of sp³-hybridized carbons (Fsp3) is 0.737. The number of piperidine rings is 1. The molecule has 0 aliphatic carbocycles. The van der Waals surface area contributed by atoms with Gasteiger partial charge in [0.25, 0.3) is 0 Å². The fourth-order valence-corrected chi connectivity index (χ4v) is 4.00. The standard InChI is InChI=1S/C19H28F3N5O2/c1-13-9-27(10-14(2)29-13)17(28)12-26-8-4-5-15(11-26)25(3)18-23-7-6-16(24-18)19(20,21)22/h6-7,13-15H,4-5,8-12H2,1-3H3. The number of rotatable bonds is 4. The Morgan fingerprint density at radius 3 is 2.62 bits per heavy atom. The first kappa shape index (κ1) is 21.8. The van der Waals surface area contributed by atoms with Gasteiger partial charge < -0.3 is 14.5 Å².